The molecule has 1 atom stereocenters. The van der Waals surface area contributed by atoms with Crippen molar-refractivity contribution in [1.82, 2.24) is 15.2 Å². The van der Waals surface area contributed by atoms with Gasteiger partial charge in [-0.1, -0.05) is 6.07 Å². The van der Waals surface area contributed by atoms with Gasteiger partial charge in [0.2, 0.25) is 0 Å². The molecule has 1 aromatic rings. The minimum absolute atomic E-state index is 0.334. The van der Waals surface area contributed by atoms with Crippen LogP contribution in [0.15, 0.2) is 24.5 Å². The highest BCUT2D eigenvalue weighted by Gasteiger charge is 2.14. The fourth-order valence-corrected chi connectivity index (χ4v) is 2.03. The number of aromatic nitrogens is 1. The standard InChI is InChI=1S/C13H21N3O2/c17-13(11-16-4-6-18-7-5-16)10-15-9-12-2-1-3-14-8-12/h1-3,8,13,15,17H,4-7,9-11H2. The second-order valence-electron chi connectivity index (χ2n) is 4.56. The van der Waals surface area contributed by atoms with Gasteiger partial charge < -0.3 is 15.2 Å². The molecule has 100 valence electrons. The molecule has 0 saturated carbocycles. The normalized spacial score (nSPS) is 18.7. The third-order valence-corrected chi connectivity index (χ3v) is 3.00. The molecular formula is C13H21N3O2. The molecule has 2 rings (SSSR count). The largest absolute Gasteiger partial charge is 0.390 e. The third-order valence-electron chi connectivity index (χ3n) is 3.00. The molecule has 0 aromatic carbocycles. The van der Waals surface area contributed by atoms with Crippen LogP contribution in [0.25, 0.3) is 0 Å². The second kappa shape index (κ2) is 7.43. The number of rotatable bonds is 6. The lowest BCUT2D eigenvalue weighted by Crippen LogP contribution is -2.43. The summed E-state index contributed by atoms with van der Waals surface area (Å²) in [6, 6.07) is 3.94. The van der Waals surface area contributed by atoms with E-state index in [0.717, 1.165) is 38.4 Å². The lowest BCUT2D eigenvalue weighted by molar-refractivity contribution is 0.0149. The van der Waals surface area contributed by atoms with Crippen molar-refractivity contribution in [3.05, 3.63) is 30.1 Å². The van der Waals surface area contributed by atoms with Crippen LogP contribution in [0.1, 0.15) is 5.56 Å². The van der Waals surface area contributed by atoms with Gasteiger partial charge in [0.15, 0.2) is 0 Å². The summed E-state index contributed by atoms with van der Waals surface area (Å²) < 4.78 is 5.27. The van der Waals surface area contributed by atoms with Crippen LogP contribution in [0.4, 0.5) is 0 Å². The molecule has 1 fully saturated rings. The first-order valence-corrected chi connectivity index (χ1v) is 6.42. The van der Waals surface area contributed by atoms with Crippen molar-refractivity contribution in [2.45, 2.75) is 12.6 Å². The third kappa shape index (κ3) is 4.70. The first-order valence-electron chi connectivity index (χ1n) is 6.42. The molecule has 5 heteroatoms. The molecule has 1 aromatic heterocycles. The molecule has 0 aliphatic carbocycles. The summed E-state index contributed by atoms with van der Waals surface area (Å²) in [7, 11) is 0. The van der Waals surface area contributed by atoms with Crippen LogP contribution in [0, 0.1) is 0 Å². The maximum Gasteiger partial charge on any atom is 0.0791 e. The lowest BCUT2D eigenvalue weighted by atomic mass is 10.2. The highest BCUT2D eigenvalue weighted by atomic mass is 16.5. The molecule has 0 spiro atoms. The zero-order valence-electron chi connectivity index (χ0n) is 10.6. The second-order valence-corrected chi connectivity index (χ2v) is 4.56. The predicted molar refractivity (Wildman–Crippen MR) is 69.2 cm³/mol. The Morgan fingerprint density at radius 1 is 1.44 bits per heavy atom. The van der Waals surface area contributed by atoms with Crippen LogP contribution >= 0.6 is 0 Å². The van der Waals surface area contributed by atoms with E-state index in [1.54, 1.807) is 6.20 Å². The summed E-state index contributed by atoms with van der Waals surface area (Å²) >= 11 is 0. The number of hydrogen-bond acceptors (Lipinski definition) is 5. The number of aliphatic hydroxyl groups is 1. The number of ether oxygens (including phenoxy) is 1. The minimum Gasteiger partial charge on any atom is -0.390 e. The van der Waals surface area contributed by atoms with E-state index < -0.39 is 0 Å². The van der Waals surface area contributed by atoms with Gasteiger partial charge in [0.25, 0.3) is 0 Å². The number of hydrogen-bond donors (Lipinski definition) is 2. The lowest BCUT2D eigenvalue weighted by Gasteiger charge is -2.28. The molecule has 1 aliphatic rings. The summed E-state index contributed by atoms with van der Waals surface area (Å²) in [6.07, 6.45) is 3.26. The number of aliphatic hydroxyl groups excluding tert-OH is 1. The van der Waals surface area contributed by atoms with E-state index in [9.17, 15) is 5.11 Å². The highest BCUT2D eigenvalue weighted by molar-refractivity contribution is 5.07. The smallest absolute Gasteiger partial charge is 0.0791 e. The maximum atomic E-state index is 9.92. The van der Waals surface area contributed by atoms with Crippen molar-refractivity contribution in [2.75, 3.05) is 39.4 Å². The predicted octanol–water partition coefficient (Wildman–Crippen LogP) is -0.136. The average Bonchev–Trinajstić information content (AvgIpc) is 2.41. The molecule has 1 saturated heterocycles. The summed E-state index contributed by atoms with van der Waals surface area (Å²) in [5, 5.41) is 13.2. The van der Waals surface area contributed by atoms with Crippen molar-refractivity contribution in [2.24, 2.45) is 0 Å². The first-order chi connectivity index (χ1) is 8.84. The topological polar surface area (TPSA) is 57.6 Å². The molecule has 0 amide bonds. The highest BCUT2D eigenvalue weighted by Crippen LogP contribution is 1.99. The van der Waals surface area contributed by atoms with Crippen molar-refractivity contribution in [1.29, 1.82) is 0 Å². The quantitative estimate of drug-likeness (QED) is 0.737. The summed E-state index contributed by atoms with van der Waals surface area (Å²) in [4.78, 5) is 6.29. The van der Waals surface area contributed by atoms with E-state index in [1.807, 2.05) is 18.3 Å². The molecule has 2 N–H and O–H groups in total. The Balaban J connectivity index is 1.61. The maximum absolute atomic E-state index is 9.92. The number of morpholine rings is 1. The monoisotopic (exact) mass is 251 g/mol. The van der Waals surface area contributed by atoms with E-state index in [-0.39, 0.29) is 6.10 Å². The van der Waals surface area contributed by atoms with Gasteiger partial charge in [-0.05, 0) is 11.6 Å². The Labute approximate surface area is 108 Å². The number of nitrogens with one attached hydrogen (secondary N) is 1. The van der Waals surface area contributed by atoms with E-state index in [4.69, 9.17) is 4.74 Å². The van der Waals surface area contributed by atoms with Crippen LogP contribution < -0.4 is 5.32 Å². The van der Waals surface area contributed by atoms with Crippen molar-refractivity contribution >= 4 is 0 Å². The Hall–Kier alpha value is -1.01. The van der Waals surface area contributed by atoms with Gasteiger partial charge in [0.05, 0.1) is 19.3 Å². The van der Waals surface area contributed by atoms with Crippen LogP contribution in [0.2, 0.25) is 0 Å². The molecule has 18 heavy (non-hydrogen) atoms. The van der Waals surface area contributed by atoms with Crippen LogP contribution in [-0.4, -0.2) is 60.5 Å². The van der Waals surface area contributed by atoms with Gasteiger partial charge in [-0.25, -0.2) is 0 Å². The molecule has 1 aliphatic heterocycles. The molecule has 0 bridgehead atoms. The Morgan fingerprint density at radius 3 is 3.00 bits per heavy atom. The van der Waals surface area contributed by atoms with Gasteiger partial charge in [-0.2, -0.15) is 0 Å². The molecule has 5 nitrogen and oxygen atoms in total. The molecule has 2 heterocycles. The average molecular weight is 251 g/mol. The van der Waals surface area contributed by atoms with Gasteiger partial charge in [0.1, 0.15) is 0 Å². The first kappa shape index (κ1) is 13.4. The van der Waals surface area contributed by atoms with Gasteiger partial charge in [0, 0.05) is 45.1 Å². The van der Waals surface area contributed by atoms with Gasteiger partial charge >= 0.3 is 0 Å². The number of nitrogens with zero attached hydrogens (tertiary/aromatic N) is 2. The zero-order valence-corrected chi connectivity index (χ0v) is 10.6. The van der Waals surface area contributed by atoms with Crippen LogP contribution in [0.5, 0.6) is 0 Å². The van der Waals surface area contributed by atoms with Gasteiger partial charge in [-0.3, -0.25) is 9.88 Å². The van der Waals surface area contributed by atoms with E-state index >= 15 is 0 Å². The fraction of sp³-hybridized carbons (Fsp3) is 0.615. The Morgan fingerprint density at radius 2 is 2.28 bits per heavy atom. The summed E-state index contributed by atoms with van der Waals surface area (Å²) in [6.45, 7) is 5.44. The van der Waals surface area contributed by atoms with E-state index in [2.05, 4.69) is 15.2 Å². The van der Waals surface area contributed by atoms with Gasteiger partial charge in [-0.15, -0.1) is 0 Å². The van der Waals surface area contributed by atoms with Crippen molar-refractivity contribution in [3.8, 4) is 0 Å². The van der Waals surface area contributed by atoms with E-state index in [1.165, 1.54) is 0 Å². The Kier molecular flexibility index (Phi) is 5.54. The Bertz CT molecular complexity index is 328. The van der Waals surface area contributed by atoms with E-state index in [0.29, 0.717) is 13.1 Å². The van der Waals surface area contributed by atoms with Crippen molar-refractivity contribution in [3.63, 3.8) is 0 Å². The molecule has 1 unspecified atom stereocenters. The SMILES string of the molecule is OC(CNCc1cccnc1)CN1CCOCC1. The minimum atomic E-state index is -0.334. The number of pyridine rings is 1. The number of β-amino-alcohol motifs (C(OH)–C–C–N with tert-alkyl or cyclic N) is 1. The van der Waals surface area contributed by atoms with Crippen molar-refractivity contribution < 1.29 is 9.84 Å². The van der Waals surface area contributed by atoms with Crippen LogP contribution in [-0.2, 0) is 11.3 Å². The fourth-order valence-electron chi connectivity index (χ4n) is 2.03. The zero-order chi connectivity index (χ0) is 12.6. The molecule has 0 radical (unpaired) electrons. The summed E-state index contributed by atoms with van der Waals surface area (Å²) in [5.41, 5.74) is 1.14. The molecular weight excluding hydrogens is 230 g/mol. The summed E-state index contributed by atoms with van der Waals surface area (Å²) in [5.74, 6) is 0. The van der Waals surface area contributed by atoms with Crippen LogP contribution in [0.3, 0.4) is 0 Å².